The van der Waals surface area contributed by atoms with Gasteiger partial charge in [0.05, 0.1) is 0 Å². The van der Waals surface area contributed by atoms with E-state index in [1.807, 2.05) is 14.2 Å². The van der Waals surface area contributed by atoms with Crippen molar-refractivity contribution in [3.05, 3.63) is 0 Å². The van der Waals surface area contributed by atoms with Crippen molar-refractivity contribution in [3.63, 3.8) is 0 Å². The molecule has 0 bridgehead atoms. The molecule has 1 fully saturated rings. The predicted octanol–water partition coefficient (Wildman–Crippen LogP) is 2.89. The Kier molecular flexibility index (Phi) is 5.96. The van der Waals surface area contributed by atoms with Crippen molar-refractivity contribution in [2.45, 2.75) is 51.5 Å². The van der Waals surface area contributed by atoms with Crippen molar-refractivity contribution in [2.75, 3.05) is 27.3 Å². The quantitative estimate of drug-likeness (QED) is 0.644. The molecule has 96 valence electrons. The van der Waals surface area contributed by atoms with E-state index >= 15 is 0 Å². The van der Waals surface area contributed by atoms with Crippen LogP contribution in [0.4, 0.5) is 0 Å². The maximum absolute atomic E-state index is 5.87. The van der Waals surface area contributed by atoms with E-state index in [9.17, 15) is 0 Å². The Hall–Kier alpha value is 0.0969. The van der Waals surface area contributed by atoms with Gasteiger partial charge in [0, 0.05) is 19.8 Å². The van der Waals surface area contributed by atoms with E-state index < -0.39 is 8.72 Å². The Morgan fingerprint density at radius 1 is 1.19 bits per heavy atom. The molecule has 4 heteroatoms. The normalized spacial score (nSPS) is 20.2. The maximum atomic E-state index is 5.87. The van der Waals surface area contributed by atoms with E-state index in [0.717, 1.165) is 13.1 Å². The minimum Gasteiger partial charge on any atom is -0.386 e. The van der Waals surface area contributed by atoms with Gasteiger partial charge in [0.25, 0.3) is 0 Å². The van der Waals surface area contributed by atoms with E-state index in [-0.39, 0.29) is 0 Å². The summed E-state index contributed by atoms with van der Waals surface area (Å²) < 4.78 is 14.2. The van der Waals surface area contributed by atoms with Gasteiger partial charge in [-0.25, -0.2) is 0 Å². The van der Waals surface area contributed by atoms with Gasteiger partial charge in [-0.1, -0.05) is 26.7 Å². The van der Waals surface area contributed by atoms with Crippen LogP contribution in [0.3, 0.4) is 0 Å². The highest BCUT2D eigenvalue weighted by atomic mass is 28.4. The Morgan fingerprint density at radius 2 is 1.75 bits per heavy atom. The molecule has 16 heavy (non-hydrogen) atoms. The molecule has 1 heterocycles. The highest BCUT2D eigenvalue weighted by molar-refractivity contribution is 6.66. The van der Waals surface area contributed by atoms with Crippen LogP contribution >= 0.6 is 0 Å². The fourth-order valence-corrected chi connectivity index (χ4v) is 6.40. The molecule has 1 unspecified atom stereocenters. The van der Waals surface area contributed by atoms with Crippen molar-refractivity contribution in [2.24, 2.45) is 0 Å². The van der Waals surface area contributed by atoms with Crippen LogP contribution in [0.1, 0.15) is 46.0 Å². The lowest BCUT2D eigenvalue weighted by Crippen LogP contribution is -2.59. The van der Waals surface area contributed by atoms with Crippen LogP contribution in [0.5, 0.6) is 0 Å². The number of rotatable bonds is 7. The first kappa shape index (κ1) is 14.2. The van der Waals surface area contributed by atoms with E-state index in [4.69, 9.17) is 8.85 Å². The van der Waals surface area contributed by atoms with Gasteiger partial charge >= 0.3 is 8.72 Å². The first-order valence-corrected chi connectivity index (χ1v) is 8.40. The van der Waals surface area contributed by atoms with Crippen molar-refractivity contribution >= 4 is 8.72 Å². The molecular formula is C12H27NO2Si. The van der Waals surface area contributed by atoms with Crippen LogP contribution in [0.15, 0.2) is 0 Å². The summed E-state index contributed by atoms with van der Waals surface area (Å²) >= 11 is 0. The third-order valence-corrected chi connectivity index (χ3v) is 7.78. The Balaban J connectivity index is 2.68. The number of hydrogen-bond acceptors (Lipinski definition) is 3. The largest absolute Gasteiger partial charge is 0.430 e. The molecule has 1 aliphatic heterocycles. The van der Waals surface area contributed by atoms with Crippen molar-refractivity contribution in [3.8, 4) is 0 Å². The zero-order chi connectivity index (χ0) is 12.0. The maximum Gasteiger partial charge on any atom is 0.430 e. The average Bonchev–Trinajstić information content (AvgIpc) is 2.83. The third-order valence-electron chi connectivity index (χ3n) is 3.75. The highest BCUT2D eigenvalue weighted by Gasteiger charge is 2.49. The predicted molar refractivity (Wildman–Crippen MR) is 69.5 cm³/mol. The first-order chi connectivity index (χ1) is 7.71. The molecule has 0 radical (unpaired) electrons. The van der Waals surface area contributed by atoms with E-state index in [1.165, 1.54) is 32.1 Å². The summed E-state index contributed by atoms with van der Waals surface area (Å²) in [5.74, 6) is 0. The van der Waals surface area contributed by atoms with Gasteiger partial charge in [-0.15, -0.1) is 0 Å². The summed E-state index contributed by atoms with van der Waals surface area (Å²) in [4.78, 5) is 0. The Morgan fingerprint density at radius 3 is 2.19 bits per heavy atom. The molecule has 0 spiro atoms. The summed E-state index contributed by atoms with van der Waals surface area (Å²) in [7, 11) is 1.54. The van der Waals surface area contributed by atoms with Gasteiger partial charge in [0.2, 0.25) is 0 Å². The highest BCUT2D eigenvalue weighted by Crippen LogP contribution is 2.33. The van der Waals surface area contributed by atoms with Crippen LogP contribution < -0.4 is 0 Å². The van der Waals surface area contributed by atoms with Crippen LogP contribution in [0.2, 0.25) is 5.54 Å². The van der Waals surface area contributed by atoms with Crippen LogP contribution in [-0.2, 0) is 8.85 Å². The monoisotopic (exact) mass is 245 g/mol. The van der Waals surface area contributed by atoms with Crippen molar-refractivity contribution in [1.82, 2.24) is 4.57 Å². The molecule has 0 N–H and O–H groups in total. The second-order valence-corrected chi connectivity index (χ2v) is 8.47. The molecule has 0 aliphatic carbocycles. The molecule has 0 aromatic rings. The number of unbranched alkanes of at least 4 members (excludes halogenated alkanes) is 1. The molecule has 0 aromatic carbocycles. The van der Waals surface area contributed by atoms with Gasteiger partial charge in [0.1, 0.15) is 0 Å². The molecule has 0 amide bonds. The van der Waals surface area contributed by atoms with Gasteiger partial charge < -0.3 is 8.85 Å². The van der Waals surface area contributed by atoms with E-state index in [1.54, 1.807) is 0 Å². The molecule has 1 rings (SSSR count). The standard InChI is InChI=1S/C12H27NO2Si/c1-5-6-9-12(2)16(14-3,15-4)13-10-7-8-11-13/h12H,5-11H2,1-4H3. The fraction of sp³-hybridized carbons (Fsp3) is 1.00. The summed E-state index contributed by atoms with van der Waals surface area (Å²) in [6.07, 6.45) is 6.34. The van der Waals surface area contributed by atoms with Crippen molar-refractivity contribution < 1.29 is 8.85 Å². The molecule has 1 aliphatic rings. The Bertz CT molecular complexity index is 191. The van der Waals surface area contributed by atoms with Crippen LogP contribution in [0.25, 0.3) is 0 Å². The Labute approximate surface area is 101 Å². The van der Waals surface area contributed by atoms with E-state index in [0.29, 0.717) is 5.54 Å². The fourth-order valence-electron chi connectivity index (χ4n) is 2.78. The van der Waals surface area contributed by atoms with Crippen LogP contribution in [-0.4, -0.2) is 40.6 Å². The zero-order valence-corrected chi connectivity index (χ0v) is 12.3. The lowest BCUT2D eigenvalue weighted by molar-refractivity contribution is 0.161. The van der Waals surface area contributed by atoms with Crippen molar-refractivity contribution in [1.29, 1.82) is 0 Å². The summed E-state index contributed by atoms with van der Waals surface area (Å²) in [6, 6.07) is 0. The first-order valence-electron chi connectivity index (χ1n) is 6.56. The zero-order valence-electron chi connectivity index (χ0n) is 11.3. The molecule has 1 atom stereocenters. The van der Waals surface area contributed by atoms with Crippen LogP contribution in [0, 0.1) is 0 Å². The molecule has 1 saturated heterocycles. The van der Waals surface area contributed by atoms with Gasteiger partial charge in [0.15, 0.2) is 0 Å². The number of hydrogen-bond donors (Lipinski definition) is 0. The third kappa shape index (κ3) is 2.86. The molecular weight excluding hydrogens is 218 g/mol. The summed E-state index contributed by atoms with van der Waals surface area (Å²) in [5, 5.41) is 0. The number of nitrogens with zero attached hydrogens (tertiary/aromatic N) is 1. The van der Waals surface area contributed by atoms with Gasteiger partial charge in [-0.3, -0.25) is 4.57 Å². The average molecular weight is 245 g/mol. The topological polar surface area (TPSA) is 21.7 Å². The lowest BCUT2D eigenvalue weighted by atomic mass is 10.2. The minimum atomic E-state index is -2.12. The molecule has 0 saturated carbocycles. The summed E-state index contributed by atoms with van der Waals surface area (Å²) in [5.41, 5.74) is 0.556. The minimum absolute atomic E-state index is 0.556. The summed E-state index contributed by atoms with van der Waals surface area (Å²) in [6.45, 7) is 6.85. The smallest absolute Gasteiger partial charge is 0.386 e. The lowest BCUT2D eigenvalue weighted by Gasteiger charge is -2.39. The molecule has 0 aromatic heterocycles. The second-order valence-electron chi connectivity index (χ2n) is 4.78. The van der Waals surface area contributed by atoms with E-state index in [2.05, 4.69) is 18.4 Å². The second kappa shape index (κ2) is 6.74. The SMILES string of the molecule is CCCCC(C)[Si](OC)(OC)N1CCCC1. The van der Waals surface area contributed by atoms with Gasteiger partial charge in [-0.2, -0.15) is 0 Å². The molecule has 3 nitrogen and oxygen atoms in total. The van der Waals surface area contributed by atoms with Gasteiger partial charge in [-0.05, 0) is 32.4 Å².